The summed E-state index contributed by atoms with van der Waals surface area (Å²) in [6, 6.07) is 9.76. The van der Waals surface area contributed by atoms with Crippen molar-refractivity contribution in [2.24, 2.45) is 0 Å². The Morgan fingerprint density at radius 1 is 1.29 bits per heavy atom. The Balaban J connectivity index is 1.89. The van der Waals surface area contributed by atoms with Crippen LogP contribution in [0.5, 0.6) is 0 Å². The number of amides is 1. The van der Waals surface area contributed by atoms with Crippen molar-refractivity contribution in [2.75, 3.05) is 12.8 Å². The normalized spacial score (nSPS) is 10.7. The number of hydrogen-bond acceptors (Lipinski definition) is 3. The predicted octanol–water partition coefficient (Wildman–Crippen LogP) is 4.86. The van der Waals surface area contributed by atoms with Crippen molar-refractivity contribution in [1.82, 2.24) is 4.90 Å². The van der Waals surface area contributed by atoms with E-state index in [1.807, 2.05) is 31.2 Å². The zero-order valence-corrected chi connectivity index (χ0v) is 15.7. The highest BCUT2D eigenvalue weighted by Gasteiger charge is 2.12. The molecular formula is C15H15Br2NO2S. The van der Waals surface area contributed by atoms with Gasteiger partial charge in [-0.25, -0.2) is 0 Å². The standard InChI is InChI=1S/C15H15Br2NO2S/c1-10-7-11(16)3-5-13(10)21-9-15(19)18(2)8-12-4-6-14(17)20-12/h3-7H,8-9H2,1-2H3. The second-order valence-corrected chi connectivity index (χ2v) is 7.37. The van der Waals surface area contributed by atoms with E-state index in [0.29, 0.717) is 17.0 Å². The van der Waals surface area contributed by atoms with Crippen LogP contribution in [0.2, 0.25) is 0 Å². The minimum atomic E-state index is 0.0786. The van der Waals surface area contributed by atoms with Crippen LogP contribution in [0.3, 0.4) is 0 Å². The summed E-state index contributed by atoms with van der Waals surface area (Å²) < 4.78 is 7.14. The molecule has 0 aliphatic carbocycles. The Morgan fingerprint density at radius 3 is 2.67 bits per heavy atom. The van der Waals surface area contributed by atoms with E-state index in [1.165, 1.54) is 5.56 Å². The van der Waals surface area contributed by atoms with Gasteiger partial charge in [0.2, 0.25) is 5.91 Å². The summed E-state index contributed by atoms with van der Waals surface area (Å²) >= 11 is 8.25. The number of hydrogen-bond donors (Lipinski definition) is 0. The van der Waals surface area contributed by atoms with Crippen molar-refractivity contribution in [3.05, 3.63) is 50.8 Å². The largest absolute Gasteiger partial charge is 0.452 e. The van der Waals surface area contributed by atoms with Gasteiger partial charge in [0, 0.05) is 16.4 Å². The number of carbonyl (C=O) groups is 1. The number of furan rings is 1. The first-order chi connectivity index (χ1) is 9.95. The Labute approximate surface area is 145 Å². The summed E-state index contributed by atoms with van der Waals surface area (Å²) in [4.78, 5) is 14.9. The predicted molar refractivity (Wildman–Crippen MR) is 92.5 cm³/mol. The molecule has 0 saturated heterocycles. The zero-order chi connectivity index (χ0) is 15.4. The molecule has 1 aromatic heterocycles. The van der Waals surface area contributed by atoms with E-state index in [1.54, 1.807) is 23.7 Å². The molecule has 0 aliphatic heterocycles. The van der Waals surface area contributed by atoms with Gasteiger partial charge in [-0.1, -0.05) is 15.9 Å². The molecule has 1 heterocycles. The molecule has 2 aromatic rings. The first kappa shape index (κ1) is 16.6. The van der Waals surface area contributed by atoms with Gasteiger partial charge in [-0.2, -0.15) is 0 Å². The minimum Gasteiger partial charge on any atom is -0.452 e. The van der Waals surface area contributed by atoms with E-state index >= 15 is 0 Å². The number of aryl methyl sites for hydroxylation is 1. The molecule has 0 N–H and O–H groups in total. The molecule has 0 unspecified atom stereocenters. The van der Waals surface area contributed by atoms with Crippen molar-refractivity contribution < 1.29 is 9.21 Å². The second kappa shape index (κ2) is 7.51. The molecule has 0 saturated carbocycles. The Hall–Kier alpha value is -0.720. The first-order valence-corrected chi connectivity index (χ1v) is 8.90. The van der Waals surface area contributed by atoms with Gasteiger partial charge in [0.05, 0.1) is 12.3 Å². The van der Waals surface area contributed by atoms with Gasteiger partial charge in [-0.3, -0.25) is 4.79 Å². The summed E-state index contributed by atoms with van der Waals surface area (Å²) in [5, 5.41) is 0. The SMILES string of the molecule is Cc1cc(Br)ccc1SCC(=O)N(C)Cc1ccc(Br)o1. The smallest absolute Gasteiger partial charge is 0.233 e. The number of carbonyl (C=O) groups excluding carboxylic acids is 1. The number of rotatable bonds is 5. The van der Waals surface area contributed by atoms with Crippen LogP contribution >= 0.6 is 43.6 Å². The highest BCUT2D eigenvalue weighted by molar-refractivity contribution is 9.10. The van der Waals surface area contributed by atoms with E-state index in [9.17, 15) is 4.79 Å². The lowest BCUT2D eigenvalue weighted by atomic mass is 10.2. The van der Waals surface area contributed by atoms with Gasteiger partial charge in [-0.15, -0.1) is 11.8 Å². The van der Waals surface area contributed by atoms with Crippen molar-refractivity contribution in [3.8, 4) is 0 Å². The summed E-state index contributed by atoms with van der Waals surface area (Å²) in [6.07, 6.45) is 0. The van der Waals surface area contributed by atoms with Crippen molar-refractivity contribution >= 4 is 49.5 Å². The molecular weight excluding hydrogens is 418 g/mol. The molecule has 6 heteroatoms. The molecule has 0 atom stereocenters. The topological polar surface area (TPSA) is 33.5 Å². The summed E-state index contributed by atoms with van der Waals surface area (Å²) in [7, 11) is 1.79. The molecule has 3 nitrogen and oxygen atoms in total. The third-order valence-electron chi connectivity index (χ3n) is 2.94. The number of thioether (sulfide) groups is 1. The average Bonchev–Trinajstić information content (AvgIpc) is 2.82. The Bertz CT molecular complexity index is 642. The lowest BCUT2D eigenvalue weighted by Gasteiger charge is -2.15. The fraction of sp³-hybridized carbons (Fsp3) is 0.267. The highest BCUT2D eigenvalue weighted by atomic mass is 79.9. The van der Waals surface area contributed by atoms with Crippen LogP contribution in [0.1, 0.15) is 11.3 Å². The Morgan fingerprint density at radius 2 is 2.05 bits per heavy atom. The highest BCUT2D eigenvalue weighted by Crippen LogP contribution is 2.25. The van der Waals surface area contributed by atoms with Crippen LogP contribution in [-0.2, 0) is 11.3 Å². The van der Waals surface area contributed by atoms with Crippen LogP contribution in [0.25, 0.3) is 0 Å². The maximum Gasteiger partial charge on any atom is 0.233 e. The molecule has 0 aliphatic rings. The van der Waals surface area contributed by atoms with Gasteiger partial charge >= 0.3 is 0 Å². The van der Waals surface area contributed by atoms with E-state index in [4.69, 9.17) is 4.42 Å². The third kappa shape index (κ3) is 4.90. The molecule has 2 rings (SSSR count). The lowest BCUT2D eigenvalue weighted by Crippen LogP contribution is -2.27. The monoisotopic (exact) mass is 431 g/mol. The molecule has 1 aromatic carbocycles. The summed E-state index contributed by atoms with van der Waals surface area (Å²) in [6.45, 7) is 2.52. The van der Waals surface area contributed by atoms with Gasteiger partial charge in [0.25, 0.3) is 0 Å². The first-order valence-electron chi connectivity index (χ1n) is 6.33. The van der Waals surface area contributed by atoms with Gasteiger partial charge in [0.15, 0.2) is 4.67 Å². The molecule has 21 heavy (non-hydrogen) atoms. The van der Waals surface area contributed by atoms with Gasteiger partial charge in [0.1, 0.15) is 5.76 Å². The summed E-state index contributed by atoms with van der Waals surface area (Å²) in [5.41, 5.74) is 1.17. The van der Waals surface area contributed by atoms with Gasteiger partial charge in [-0.05, 0) is 58.7 Å². The van der Waals surface area contributed by atoms with E-state index < -0.39 is 0 Å². The third-order valence-corrected chi connectivity index (χ3v) is 5.02. The van der Waals surface area contributed by atoms with Gasteiger partial charge < -0.3 is 9.32 Å². The quantitative estimate of drug-likeness (QED) is 0.632. The maximum atomic E-state index is 12.1. The molecule has 1 amide bonds. The fourth-order valence-electron chi connectivity index (χ4n) is 1.78. The van der Waals surface area contributed by atoms with Crippen LogP contribution in [0.15, 0.2) is 48.8 Å². The van der Waals surface area contributed by atoms with Crippen LogP contribution < -0.4 is 0 Å². The van der Waals surface area contributed by atoms with Crippen LogP contribution in [-0.4, -0.2) is 23.6 Å². The second-order valence-electron chi connectivity index (χ2n) is 4.65. The van der Waals surface area contributed by atoms with E-state index in [0.717, 1.165) is 15.1 Å². The van der Waals surface area contributed by atoms with E-state index in [-0.39, 0.29) is 5.91 Å². The number of nitrogens with zero attached hydrogens (tertiary/aromatic N) is 1. The molecule has 112 valence electrons. The average molecular weight is 433 g/mol. The van der Waals surface area contributed by atoms with Crippen LogP contribution in [0.4, 0.5) is 0 Å². The lowest BCUT2D eigenvalue weighted by molar-refractivity contribution is -0.127. The van der Waals surface area contributed by atoms with Crippen molar-refractivity contribution in [1.29, 1.82) is 0 Å². The molecule has 0 spiro atoms. The molecule has 0 fully saturated rings. The summed E-state index contributed by atoms with van der Waals surface area (Å²) in [5.74, 6) is 1.26. The van der Waals surface area contributed by atoms with Crippen LogP contribution in [0, 0.1) is 6.92 Å². The molecule has 0 bridgehead atoms. The van der Waals surface area contributed by atoms with Crippen molar-refractivity contribution in [3.63, 3.8) is 0 Å². The maximum absolute atomic E-state index is 12.1. The van der Waals surface area contributed by atoms with Crippen molar-refractivity contribution in [2.45, 2.75) is 18.4 Å². The number of halogens is 2. The number of benzene rings is 1. The molecule has 0 radical (unpaired) electrons. The zero-order valence-electron chi connectivity index (χ0n) is 11.7. The van der Waals surface area contributed by atoms with E-state index in [2.05, 4.69) is 37.9 Å². The minimum absolute atomic E-state index is 0.0786. The fourth-order valence-corrected chi connectivity index (χ4v) is 3.55. The Kier molecular flexibility index (Phi) is 5.96.